The van der Waals surface area contributed by atoms with Crippen LogP contribution in [0.1, 0.15) is 49.3 Å². The lowest BCUT2D eigenvalue weighted by molar-refractivity contribution is 0.144. The number of rotatable bonds is 5. The van der Waals surface area contributed by atoms with E-state index in [1.807, 2.05) is 12.1 Å². The molecule has 3 aliphatic rings. The van der Waals surface area contributed by atoms with Gasteiger partial charge in [-0.25, -0.2) is 4.98 Å². The van der Waals surface area contributed by atoms with E-state index in [9.17, 15) is 10.1 Å². The van der Waals surface area contributed by atoms with E-state index in [2.05, 4.69) is 22.3 Å². The summed E-state index contributed by atoms with van der Waals surface area (Å²) in [5.41, 5.74) is 2.29. The van der Waals surface area contributed by atoms with Crippen molar-refractivity contribution in [2.24, 2.45) is 0 Å². The summed E-state index contributed by atoms with van der Waals surface area (Å²) in [6.07, 6.45) is 4.89. The molecule has 7 nitrogen and oxygen atoms in total. The van der Waals surface area contributed by atoms with Crippen molar-refractivity contribution in [3.8, 4) is 0 Å². The summed E-state index contributed by atoms with van der Waals surface area (Å²) in [5, 5.41) is 24.3. The molecule has 0 unspecified atom stereocenters. The third-order valence-electron chi connectivity index (χ3n) is 6.75. The average Bonchev–Trinajstić information content (AvgIpc) is 3.12. The first-order chi connectivity index (χ1) is 14.6. The van der Waals surface area contributed by atoms with Gasteiger partial charge in [-0.15, -0.1) is 0 Å². The van der Waals surface area contributed by atoms with E-state index in [-0.39, 0.29) is 18.8 Å². The van der Waals surface area contributed by atoms with Gasteiger partial charge in [-0.1, -0.05) is 23.7 Å². The molecule has 2 aromatic rings. The molecule has 0 spiro atoms. The number of aliphatic hydroxyl groups is 1. The minimum Gasteiger partial charge on any atom is -0.423 e. The van der Waals surface area contributed by atoms with Crippen LogP contribution in [0.5, 0.6) is 0 Å². The van der Waals surface area contributed by atoms with Crippen LogP contribution in [0.2, 0.25) is 5.02 Å². The van der Waals surface area contributed by atoms with E-state index in [1.54, 1.807) is 0 Å². The fraction of sp³-hybridized carbons (Fsp3) is 0.524. The van der Waals surface area contributed by atoms with E-state index in [0.717, 1.165) is 55.9 Å². The summed E-state index contributed by atoms with van der Waals surface area (Å²) in [6.45, 7) is 2.04. The standard InChI is InChI=1S/C21H26BClN4O3/c23-16-4-2-14(3-5-16)15-6-10-27(11-7-15)20-24-17-12-30-22(29)18(17)19(25-20)26-21(13-28)8-1-9-21/h2-5,15,28-29H,1,6-13H2,(H,24,25,26). The summed E-state index contributed by atoms with van der Waals surface area (Å²) in [4.78, 5) is 11.7. The molecule has 1 aliphatic carbocycles. The zero-order chi connectivity index (χ0) is 20.7. The number of aliphatic hydroxyl groups excluding tert-OH is 1. The van der Waals surface area contributed by atoms with Crippen molar-refractivity contribution in [1.82, 2.24) is 9.97 Å². The average molecular weight is 429 g/mol. The highest BCUT2D eigenvalue weighted by molar-refractivity contribution is 6.63. The highest BCUT2D eigenvalue weighted by Crippen LogP contribution is 2.35. The molecule has 5 rings (SSSR count). The topological polar surface area (TPSA) is 90.7 Å². The molecule has 3 N–H and O–H groups in total. The van der Waals surface area contributed by atoms with Crippen molar-refractivity contribution in [3.05, 3.63) is 40.5 Å². The van der Waals surface area contributed by atoms with Crippen molar-refractivity contribution in [2.45, 2.75) is 50.2 Å². The van der Waals surface area contributed by atoms with Crippen LogP contribution in [0.25, 0.3) is 0 Å². The molecule has 2 fully saturated rings. The zero-order valence-corrected chi connectivity index (χ0v) is 17.6. The van der Waals surface area contributed by atoms with Gasteiger partial charge in [0.05, 0.1) is 24.4 Å². The largest absolute Gasteiger partial charge is 0.497 e. The molecule has 0 amide bonds. The number of anilines is 2. The molecular formula is C21H26BClN4O3. The van der Waals surface area contributed by atoms with E-state index >= 15 is 0 Å². The number of hydrogen-bond donors (Lipinski definition) is 3. The second-order valence-corrected chi connectivity index (χ2v) is 9.06. The van der Waals surface area contributed by atoms with Crippen LogP contribution in [0.4, 0.5) is 11.8 Å². The predicted octanol–water partition coefficient (Wildman–Crippen LogP) is 2.06. The maximum absolute atomic E-state index is 10.3. The summed E-state index contributed by atoms with van der Waals surface area (Å²) >= 11 is 6.02. The number of nitrogens with one attached hydrogen (secondary N) is 1. The number of hydrogen-bond acceptors (Lipinski definition) is 7. The highest BCUT2D eigenvalue weighted by atomic mass is 35.5. The number of fused-ring (bicyclic) bond motifs is 1. The van der Waals surface area contributed by atoms with Crippen LogP contribution in [-0.2, 0) is 11.3 Å². The Kier molecular flexibility index (Phi) is 5.35. The molecule has 158 valence electrons. The SMILES string of the molecule is OCC1(Nc2nc(N3CCC(c4ccc(Cl)cc4)CC3)nc3c2B(O)OC3)CCC1. The van der Waals surface area contributed by atoms with Crippen molar-refractivity contribution in [1.29, 1.82) is 0 Å². The van der Waals surface area contributed by atoms with Crippen LogP contribution in [0, 0.1) is 0 Å². The summed E-state index contributed by atoms with van der Waals surface area (Å²) in [7, 11) is -1.02. The second-order valence-electron chi connectivity index (χ2n) is 8.63. The Morgan fingerprint density at radius 3 is 2.57 bits per heavy atom. The van der Waals surface area contributed by atoms with Gasteiger partial charge in [0.2, 0.25) is 5.95 Å². The summed E-state index contributed by atoms with van der Waals surface area (Å²) in [6, 6.07) is 8.13. The van der Waals surface area contributed by atoms with Crippen molar-refractivity contribution in [2.75, 3.05) is 29.9 Å². The zero-order valence-electron chi connectivity index (χ0n) is 16.9. The first-order valence-corrected chi connectivity index (χ1v) is 11.0. The number of halogens is 1. The van der Waals surface area contributed by atoms with Crippen molar-refractivity contribution < 1.29 is 14.8 Å². The minimum atomic E-state index is -1.02. The summed E-state index contributed by atoms with van der Waals surface area (Å²) < 4.78 is 5.41. The van der Waals surface area contributed by atoms with Gasteiger partial charge in [0.1, 0.15) is 5.82 Å². The van der Waals surface area contributed by atoms with Crippen LogP contribution in [0.15, 0.2) is 24.3 Å². The molecule has 0 atom stereocenters. The molecule has 1 aromatic heterocycles. The molecule has 1 saturated heterocycles. The molecule has 1 saturated carbocycles. The van der Waals surface area contributed by atoms with Gasteiger partial charge in [-0.2, -0.15) is 4.98 Å². The Morgan fingerprint density at radius 2 is 1.93 bits per heavy atom. The van der Waals surface area contributed by atoms with Crippen LogP contribution >= 0.6 is 11.6 Å². The molecule has 30 heavy (non-hydrogen) atoms. The molecule has 0 bridgehead atoms. The summed E-state index contributed by atoms with van der Waals surface area (Å²) in [5.74, 6) is 1.76. The predicted molar refractivity (Wildman–Crippen MR) is 117 cm³/mol. The van der Waals surface area contributed by atoms with Gasteiger partial charge in [-0.05, 0) is 55.7 Å². The van der Waals surface area contributed by atoms with Gasteiger partial charge in [-0.3, -0.25) is 0 Å². The smallest absolute Gasteiger partial charge is 0.423 e. The van der Waals surface area contributed by atoms with Crippen molar-refractivity contribution in [3.63, 3.8) is 0 Å². The first kappa shape index (κ1) is 20.1. The third kappa shape index (κ3) is 3.66. The lowest BCUT2D eigenvalue weighted by atomic mass is 9.76. The number of piperidine rings is 1. The van der Waals surface area contributed by atoms with E-state index < -0.39 is 7.12 Å². The quantitative estimate of drug-likeness (QED) is 0.628. The van der Waals surface area contributed by atoms with E-state index in [0.29, 0.717) is 23.1 Å². The normalized spacial score (nSPS) is 20.8. The monoisotopic (exact) mass is 428 g/mol. The van der Waals surface area contributed by atoms with Gasteiger partial charge >= 0.3 is 7.12 Å². The molecule has 0 radical (unpaired) electrons. The van der Waals surface area contributed by atoms with Crippen molar-refractivity contribution >= 4 is 35.9 Å². The first-order valence-electron chi connectivity index (χ1n) is 10.7. The maximum Gasteiger partial charge on any atom is 0.497 e. The molecule has 2 aliphatic heterocycles. The minimum absolute atomic E-state index is 0.0462. The lowest BCUT2D eigenvalue weighted by Crippen LogP contribution is -2.50. The fourth-order valence-corrected chi connectivity index (χ4v) is 4.80. The Hall–Kier alpha value is -1.87. The Morgan fingerprint density at radius 1 is 1.20 bits per heavy atom. The maximum atomic E-state index is 10.3. The number of benzene rings is 1. The number of nitrogens with zero attached hydrogens (tertiary/aromatic N) is 3. The number of aromatic nitrogens is 2. The van der Waals surface area contributed by atoms with E-state index in [1.165, 1.54) is 5.56 Å². The van der Waals surface area contributed by atoms with Crippen LogP contribution in [0.3, 0.4) is 0 Å². The molecular weight excluding hydrogens is 403 g/mol. The molecule has 3 heterocycles. The van der Waals surface area contributed by atoms with Gasteiger partial charge in [0.25, 0.3) is 0 Å². The molecule has 9 heteroatoms. The van der Waals surface area contributed by atoms with Crippen LogP contribution < -0.4 is 15.7 Å². The van der Waals surface area contributed by atoms with Gasteiger partial charge < -0.3 is 25.0 Å². The molecule has 1 aromatic carbocycles. The third-order valence-corrected chi connectivity index (χ3v) is 7.01. The highest BCUT2D eigenvalue weighted by Gasteiger charge is 2.41. The van der Waals surface area contributed by atoms with Crippen LogP contribution in [-0.4, -0.2) is 52.5 Å². The Bertz CT molecular complexity index is 912. The van der Waals surface area contributed by atoms with Gasteiger partial charge in [0, 0.05) is 23.6 Å². The Labute approximate surface area is 181 Å². The second kappa shape index (κ2) is 8.00. The lowest BCUT2D eigenvalue weighted by Gasteiger charge is -2.42. The Balaban J connectivity index is 1.36. The van der Waals surface area contributed by atoms with E-state index in [4.69, 9.17) is 26.2 Å². The fourth-order valence-electron chi connectivity index (χ4n) is 4.68. The van der Waals surface area contributed by atoms with Gasteiger partial charge in [0.15, 0.2) is 0 Å².